The van der Waals surface area contributed by atoms with E-state index in [0.29, 0.717) is 0 Å². The topological polar surface area (TPSA) is 77.4 Å². The summed E-state index contributed by atoms with van der Waals surface area (Å²) in [6.07, 6.45) is 1.13. The van der Waals surface area contributed by atoms with Crippen LogP contribution in [0, 0.1) is 0 Å². The standard InChI is InChI=1S/C30H42N2O5Si/c1-9-35-26(33)25-20-30(8,32(22-31-25)27(34)37-28(2,3)4)21-36-38(29(5,6)7,23-16-12-10-13-17-23)24-18-14-11-15-19-24/h10-19,22,25H,9,20-21H2,1-8H3/t25-,30+/m0/s1. The largest absolute Gasteiger partial charge is 0.464 e. The molecule has 0 radical (unpaired) electrons. The number of amides is 1. The van der Waals surface area contributed by atoms with Crippen molar-refractivity contribution in [1.29, 1.82) is 0 Å². The highest BCUT2D eigenvalue weighted by Gasteiger charge is 2.53. The maximum atomic E-state index is 13.3. The monoisotopic (exact) mass is 538 g/mol. The Morgan fingerprint density at radius 2 is 1.50 bits per heavy atom. The third kappa shape index (κ3) is 6.35. The lowest BCUT2D eigenvalue weighted by Gasteiger charge is -2.48. The van der Waals surface area contributed by atoms with Gasteiger partial charge in [-0.15, -0.1) is 0 Å². The van der Waals surface area contributed by atoms with Crippen molar-refractivity contribution in [3.8, 4) is 0 Å². The molecule has 8 heteroatoms. The van der Waals surface area contributed by atoms with Crippen LogP contribution in [0.1, 0.15) is 61.8 Å². The van der Waals surface area contributed by atoms with Crippen molar-refractivity contribution in [2.75, 3.05) is 13.2 Å². The molecule has 2 aromatic rings. The lowest BCUT2D eigenvalue weighted by Crippen LogP contribution is -2.69. The minimum absolute atomic E-state index is 0.182. The van der Waals surface area contributed by atoms with Crippen LogP contribution in [0.15, 0.2) is 65.7 Å². The number of ether oxygens (including phenoxy) is 2. The SMILES string of the molecule is CCOC(=O)[C@@H]1C[C@](C)(CO[Si](c2ccccc2)(c2ccccc2)C(C)(C)C)N(C(=O)OC(C)(C)C)C=N1. The number of rotatable bonds is 7. The number of esters is 1. The van der Waals surface area contributed by atoms with E-state index in [1.54, 1.807) is 6.92 Å². The summed E-state index contributed by atoms with van der Waals surface area (Å²) in [5.74, 6) is -0.413. The number of aliphatic imine (C=N–C) groups is 1. The van der Waals surface area contributed by atoms with Crippen LogP contribution < -0.4 is 10.4 Å². The van der Waals surface area contributed by atoms with E-state index >= 15 is 0 Å². The number of hydrogen-bond donors (Lipinski definition) is 0. The Morgan fingerprint density at radius 3 is 1.95 bits per heavy atom. The summed E-state index contributed by atoms with van der Waals surface area (Å²) in [5.41, 5.74) is -1.60. The smallest absolute Gasteiger partial charge is 0.416 e. The van der Waals surface area contributed by atoms with Gasteiger partial charge in [-0.1, -0.05) is 81.4 Å². The highest BCUT2D eigenvalue weighted by molar-refractivity contribution is 6.99. The van der Waals surface area contributed by atoms with Crippen molar-refractivity contribution in [2.24, 2.45) is 4.99 Å². The average molecular weight is 539 g/mol. The van der Waals surface area contributed by atoms with Crippen LogP contribution in [0.4, 0.5) is 4.79 Å². The molecule has 7 nitrogen and oxygen atoms in total. The fourth-order valence-electron chi connectivity index (χ4n) is 4.97. The zero-order valence-electron chi connectivity index (χ0n) is 24.0. The van der Waals surface area contributed by atoms with E-state index < -0.39 is 37.6 Å². The molecule has 0 bridgehead atoms. The van der Waals surface area contributed by atoms with Gasteiger partial charge in [0.05, 0.1) is 25.1 Å². The van der Waals surface area contributed by atoms with Gasteiger partial charge >= 0.3 is 12.1 Å². The van der Waals surface area contributed by atoms with Crippen LogP contribution in [-0.4, -0.2) is 62.0 Å². The van der Waals surface area contributed by atoms with Crippen molar-refractivity contribution >= 4 is 37.1 Å². The molecule has 1 amide bonds. The molecule has 0 fully saturated rings. The fourth-order valence-corrected chi connectivity index (χ4v) is 9.65. The van der Waals surface area contributed by atoms with Gasteiger partial charge in [-0.05, 0) is 50.0 Å². The van der Waals surface area contributed by atoms with Crippen molar-refractivity contribution in [1.82, 2.24) is 4.90 Å². The number of nitrogens with zero attached hydrogens (tertiary/aromatic N) is 2. The highest BCUT2D eigenvalue weighted by Crippen LogP contribution is 2.38. The number of carbonyl (C=O) groups is 2. The molecule has 1 heterocycles. The molecule has 206 valence electrons. The van der Waals surface area contributed by atoms with Crippen molar-refractivity contribution in [3.63, 3.8) is 0 Å². The summed E-state index contributed by atoms with van der Waals surface area (Å²) in [4.78, 5) is 31.9. The van der Waals surface area contributed by atoms with Gasteiger partial charge in [0.1, 0.15) is 5.60 Å². The molecule has 0 saturated carbocycles. The Bertz CT molecular complexity index is 1090. The summed E-state index contributed by atoms with van der Waals surface area (Å²) < 4.78 is 18.2. The predicted octanol–water partition coefficient (Wildman–Crippen LogP) is 4.92. The molecule has 3 rings (SSSR count). The van der Waals surface area contributed by atoms with E-state index in [9.17, 15) is 9.59 Å². The van der Waals surface area contributed by atoms with Crippen LogP contribution in [0.3, 0.4) is 0 Å². The lowest BCUT2D eigenvalue weighted by atomic mass is 9.91. The van der Waals surface area contributed by atoms with Gasteiger partial charge in [0, 0.05) is 6.42 Å². The maximum Gasteiger partial charge on any atom is 0.416 e. The van der Waals surface area contributed by atoms with E-state index in [0.717, 1.165) is 10.4 Å². The number of hydrogen-bond acceptors (Lipinski definition) is 6. The second kappa shape index (κ2) is 11.4. The molecule has 2 aromatic carbocycles. The normalized spacial score (nSPS) is 20.2. The third-order valence-corrected chi connectivity index (χ3v) is 11.7. The first-order valence-corrected chi connectivity index (χ1v) is 15.1. The van der Waals surface area contributed by atoms with Gasteiger partial charge in [0.2, 0.25) is 0 Å². The highest BCUT2D eigenvalue weighted by atomic mass is 28.4. The van der Waals surface area contributed by atoms with Gasteiger partial charge < -0.3 is 13.9 Å². The van der Waals surface area contributed by atoms with Gasteiger partial charge in [-0.25, -0.2) is 9.59 Å². The minimum Gasteiger partial charge on any atom is -0.464 e. The molecule has 38 heavy (non-hydrogen) atoms. The van der Waals surface area contributed by atoms with E-state index in [2.05, 4.69) is 50.0 Å². The van der Waals surface area contributed by atoms with E-state index in [4.69, 9.17) is 13.9 Å². The molecular formula is C30H42N2O5Si. The van der Waals surface area contributed by atoms with E-state index in [1.165, 1.54) is 11.2 Å². The second-order valence-electron chi connectivity index (χ2n) is 12.0. The van der Waals surface area contributed by atoms with Gasteiger partial charge in [-0.3, -0.25) is 9.89 Å². The van der Waals surface area contributed by atoms with E-state index in [-0.39, 0.29) is 24.7 Å². The average Bonchev–Trinajstić information content (AvgIpc) is 2.84. The Kier molecular flexibility index (Phi) is 8.88. The molecule has 0 N–H and O–H groups in total. The first-order chi connectivity index (χ1) is 17.7. The van der Waals surface area contributed by atoms with Gasteiger partial charge in [-0.2, -0.15) is 0 Å². The molecule has 0 unspecified atom stereocenters. The van der Waals surface area contributed by atoms with Crippen LogP contribution in [0.25, 0.3) is 0 Å². The Morgan fingerprint density at radius 1 is 0.974 bits per heavy atom. The third-order valence-electron chi connectivity index (χ3n) is 6.74. The zero-order chi connectivity index (χ0) is 28.2. The Labute approximate surface area is 228 Å². The Balaban J connectivity index is 2.09. The minimum atomic E-state index is -2.90. The van der Waals surface area contributed by atoms with Crippen molar-refractivity contribution < 1.29 is 23.5 Å². The summed E-state index contributed by atoms with van der Waals surface area (Å²) >= 11 is 0. The second-order valence-corrected chi connectivity index (χ2v) is 16.3. The molecular weight excluding hydrogens is 496 g/mol. The van der Waals surface area contributed by atoms with E-state index in [1.807, 2.05) is 64.1 Å². The van der Waals surface area contributed by atoms with Crippen LogP contribution in [-0.2, 0) is 18.7 Å². The molecule has 1 aliphatic heterocycles. The predicted molar refractivity (Wildman–Crippen MR) is 154 cm³/mol. The van der Waals surface area contributed by atoms with Crippen LogP contribution in [0.5, 0.6) is 0 Å². The van der Waals surface area contributed by atoms with Crippen molar-refractivity contribution in [3.05, 3.63) is 60.7 Å². The van der Waals surface area contributed by atoms with Crippen LogP contribution in [0.2, 0.25) is 5.04 Å². The molecule has 0 spiro atoms. The molecule has 2 atom stereocenters. The van der Waals surface area contributed by atoms with Crippen molar-refractivity contribution in [2.45, 2.75) is 84.0 Å². The fraction of sp³-hybridized carbons (Fsp3) is 0.500. The summed E-state index contributed by atoms with van der Waals surface area (Å²) in [6.45, 7) is 16.2. The molecule has 1 aliphatic rings. The first kappa shape index (κ1) is 29.6. The molecule has 0 aromatic heterocycles. The molecule has 0 saturated heterocycles. The summed E-state index contributed by atoms with van der Waals surface area (Å²) in [5, 5.41) is 2.03. The maximum absolute atomic E-state index is 13.3. The molecule has 0 aliphatic carbocycles. The summed E-state index contributed by atoms with van der Waals surface area (Å²) in [7, 11) is -2.90. The van der Waals surface area contributed by atoms with Gasteiger partial charge in [0.15, 0.2) is 6.04 Å². The number of benzene rings is 2. The van der Waals surface area contributed by atoms with Gasteiger partial charge in [0.25, 0.3) is 8.32 Å². The lowest BCUT2D eigenvalue weighted by molar-refractivity contribution is -0.146. The Hall–Kier alpha value is -2.97. The first-order valence-electron chi connectivity index (χ1n) is 13.2. The zero-order valence-corrected chi connectivity index (χ0v) is 25.0. The van der Waals surface area contributed by atoms with Crippen LogP contribution >= 0.6 is 0 Å². The number of carbonyl (C=O) groups excluding carboxylic acids is 2. The summed E-state index contributed by atoms with van der Waals surface area (Å²) in [6, 6.07) is 19.9. The quantitative estimate of drug-likeness (QED) is 0.369.